The van der Waals surface area contributed by atoms with Gasteiger partial charge in [-0.2, -0.15) is 22.0 Å². The molecule has 0 bridgehead atoms. The van der Waals surface area contributed by atoms with Crippen LogP contribution in [0.3, 0.4) is 0 Å². The zero-order chi connectivity index (χ0) is 32.8. The molecular weight excluding hydrogens is 634 g/mol. The Morgan fingerprint density at radius 1 is 1.11 bits per heavy atom. The van der Waals surface area contributed by atoms with Gasteiger partial charge in [-0.25, -0.2) is 4.39 Å². The van der Waals surface area contributed by atoms with Crippen LogP contribution in [0.15, 0.2) is 30.3 Å². The number of ether oxygens (including phenoxy) is 2. The number of piperidine rings is 1. The van der Waals surface area contributed by atoms with Crippen LogP contribution in [-0.2, 0) is 11.2 Å². The summed E-state index contributed by atoms with van der Waals surface area (Å²) in [5, 5.41) is 16.4. The van der Waals surface area contributed by atoms with Gasteiger partial charge in [0.2, 0.25) is 0 Å². The summed E-state index contributed by atoms with van der Waals surface area (Å²) in [6.07, 6.45) is -4.39. The van der Waals surface area contributed by atoms with Crippen molar-refractivity contribution in [3.8, 4) is 17.6 Å². The number of likely N-dealkylation sites (tertiary alicyclic amines) is 1. The molecule has 2 aliphatic heterocycles. The second-order valence-corrected chi connectivity index (χ2v) is 12.4. The first-order valence-corrected chi connectivity index (χ1v) is 15.9. The van der Waals surface area contributed by atoms with Crippen molar-refractivity contribution < 1.29 is 40.9 Å². The Balaban J connectivity index is 1.35. The predicted molar refractivity (Wildman–Crippen MR) is 168 cm³/mol. The first-order valence-electron chi connectivity index (χ1n) is 15.1. The molecular formula is C32H36F6N4O3S. The van der Waals surface area contributed by atoms with Gasteiger partial charge in [0.15, 0.2) is 5.75 Å². The van der Waals surface area contributed by atoms with E-state index in [4.69, 9.17) is 4.74 Å². The summed E-state index contributed by atoms with van der Waals surface area (Å²) in [5.74, 6) is 4.69. The Labute approximate surface area is 267 Å². The van der Waals surface area contributed by atoms with Gasteiger partial charge in [0.1, 0.15) is 5.82 Å². The van der Waals surface area contributed by atoms with E-state index in [0.717, 1.165) is 49.0 Å². The molecule has 46 heavy (non-hydrogen) atoms. The molecule has 0 radical (unpaired) electrons. The lowest BCUT2D eigenvalue weighted by Crippen LogP contribution is -2.41. The Morgan fingerprint density at radius 2 is 1.85 bits per heavy atom. The molecule has 3 N–H and O–H groups in total. The maximum absolute atomic E-state index is 15.0. The highest BCUT2D eigenvalue weighted by Gasteiger charge is 2.31. The number of alkyl halides is 5. The number of morpholine rings is 1. The minimum Gasteiger partial charge on any atom is -0.433 e. The largest absolute Gasteiger partial charge is 0.433 e. The van der Waals surface area contributed by atoms with Crippen LogP contribution >= 0.6 is 11.3 Å². The molecule has 1 atom stereocenters. The molecule has 2 aromatic carbocycles. The summed E-state index contributed by atoms with van der Waals surface area (Å²) in [4.78, 5) is 4.11. The normalized spacial score (nSPS) is 17.2. The van der Waals surface area contributed by atoms with Crippen molar-refractivity contribution in [3.05, 3.63) is 46.6 Å². The van der Waals surface area contributed by atoms with Crippen LogP contribution in [0.4, 0.5) is 43.4 Å². The van der Waals surface area contributed by atoms with E-state index in [1.807, 2.05) is 6.07 Å². The molecule has 3 aromatic rings. The number of aliphatic hydroxyl groups is 1. The molecule has 0 saturated carbocycles. The van der Waals surface area contributed by atoms with Crippen molar-refractivity contribution >= 4 is 38.5 Å². The molecule has 250 valence electrons. The Kier molecular flexibility index (Phi) is 11.1. The van der Waals surface area contributed by atoms with Crippen LogP contribution in [0.25, 0.3) is 10.1 Å². The number of β-amino-alcohol motifs (C(OH)–C–C–N with tert-alkyl or cyclic N) is 1. The SMILES string of the molecule is CC(O)CN1CCC(Nc2cccc3c(CC(F)(F)F)c(C#CCNc4cc(F)c(N5CCOCC5)cc4OC(F)F)sc23)CC1. The van der Waals surface area contributed by atoms with Crippen LogP contribution in [0.2, 0.25) is 0 Å². The van der Waals surface area contributed by atoms with Gasteiger partial charge in [-0.05, 0) is 36.8 Å². The molecule has 0 aliphatic carbocycles. The van der Waals surface area contributed by atoms with E-state index >= 15 is 4.39 Å². The number of aliphatic hydroxyl groups excluding tert-OH is 1. The lowest BCUT2D eigenvalue weighted by molar-refractivity contribution is -0.127. The van der Waals surface area contributed by atoms with Crippen LogP contribution in [0.5, 0.6) is 5.75 Å². The third kappa shape index (κ3) is 8.90. The summed E-state index contributed by atoms with van der Waals surface area (Å²) in [6.45, 7) is 2.15. The van der Waals surface area contributed by atoms with Gasteiger partial charge in [-0.15, -0.1) is 11.3 Å². The number of anilines is 3. The Bertz CT molecular complexity index is 1540. The van der Waals surface area contributed by atoms with Gasteiger partial charge in [-0.1, -0.05) is 24.0 Å². The summed E-state index contributed by atoms with van der Waals surface area (Å²) in [6, 6.07) is 7.59. The first kappa shape index (κ1) is 34.0. The van der Waals surface area contributed by atoms with Crippen molar-refractivity contribution in [2.45, 2.75) is 51.1 Å². The Hall–Kier alpha value is -3.38. The first-order chi connectivity index (χ1) is 22.0. The van der Waals surface area contributed by atoms with E-state index < -0.39 is 31.1 Å². The fourth-order valence-corrected chi connectivity index (χ4v) is 6.97. The van der Waals surface area contributed by atoms with Crippen LogP contribution < -0.4 is 20.3 Å². The summed E-state index contributed by atoms with van der Waals surface area (Å²) in [5.41, 5.74) is 0.850. The molecule has 2 fully saturated rings. The van der Waals surface area contributed by atoms with Gasteiger partial charge >= 0.3 is 12.8 Å². The highest BCUT2D eigenvalue weighted by molar-refractivity contribution is 7.20. The summed E-state index contributed by atoms with van der Waals surface area (Å²) in [7, 11) is 0. The molecule has 5 rings (SSSR count). The summed E-state index contributed by atoms with van der Waals surface area (Å²) < 4.78 is 93.0. The van der Waals surface area contributed by atoms with E-state index in [-0.39, 0.29) is 40.2 Å². The van der Waals surface area contributed by atoms with Crippen molar-refractivity contribution in [3.63, 3.8) is 0 Å². The second kappa shape index (κ2) is 15.0. The van der Waals surface area contributed by atoms with Crippen molar-refractivity contribution in [1.82, 2.24) is 4.90 Å². The maximum atomic E-state index is 15.0. The lowest BCUT2D eigenvalue weighted by atomic mass is 10.0. The summed E-state index contributed by atoms with van der Waals surface area (Å²) >= 11 is 1.16. The monoisotopic (exact) mass is 670 g/mol. The van der Waals surface area contributed by atoms with E-state index in [0.29, 0.717) is 42.9 Å². The number of benzene rings is 2. The maximum Gasteiger partial charge on any atom is 0.393 e. The number of hydrogen-bond donors (Lipinski definition) is 3. The second-order valence-electron chi connectivity index (χ2n) is 11.4. The third-order valence-corrected chi connectivity index (χ3v) is 9.05. The molecule has 0 amide bonds. The standard InChI is InChI=1S/C32H36F6N4O3S/c1-20(43)19-41-10-7-21(8-11-41)40-25-5-2-4-22-23(18-32(36,37)38)29(46-30(22)25)6-3-9-39-26-16-24(33)27(17-28(26)45-31(34)35)42-12-14-44-15-13-42/h2,4-5,16-17,20-21,31,39-40,43H,7-15,18-19H2,1H3. The van der Waals surface area contributed by atoms with Crippen LogP contribution in [0.1, 0.15) is 30.2 Å². The molecule has 0 spiro atoms. The van der Waals surface area contributed by atoms with Gasteiger partial charge in [-0.3, -0.25) is 0 Å². The molecule has 1 unspecified atom stereocenters. The molecule has 2 saturated heterocycles. The van der Waals surface area contributed by atoms with E-state index in [1.165, 1.54) is 6.07 Å². The van der Waals surface area contributed by atoms with Crippen molar-refractivity contribution in [2.75, 3.05) is 68.0 Å². The number of nitrogens with zero attached hydrogens (tertiary/aromatic N) is 2. The molecule has 7 nitrogen and oxygen atoms in total. The molecule has 1 aromatic heterocycles. The highest BCUT2D eigenvalue weighted by Crippen LogP contribution is 2.40. The fraction of sp³-hybridized carbons (Fsp3) is 0.500. The number of rotatable bonds is 10. The minimum absolute atomic E-state index is 0.0538. The highest BCUT2D eigenvalue weighted by atomic mass is 32.1. The van der Waals surface area contributed by atoms with Gasteiger partial charge in [0.25, 0.3) is 0 Å². The number of nitrogens with one attached hydrogen (secondary N) is 2. The number of halogens is 6. The topological polar surface area (TPSA) is 69.2 Å². The van der Waals surface area contributed by atoms with Crippen LogP contribution in [0, 0.1) is 17.7 Å². The number of fused-ring (bicyclic) bond motifs is 1. The average molecular weight is 671 g/mol. The Morgan fingerprint density at radius 3 is 2.52 bits per heavy atom. The van der Waals surface area contributed by atoms with Crippen molar-refractivity contribution in [2.24, 2.45) is 0 Å². The zero-order valence-electron chi connectivity index (χ0n) is 25.2. The molecule has 14 heteroatoms. The van der Waals surface area contributed by atoms with E-state index in [2.05, 4.69) is 32.1 Å². The van der Waals surface area contributed by atoms with Gasteiger partial charge < -0.3 is 35.0 Å². The number of thiophene rings is 1. The smallest absolute Gasteiger partial charge is 0.393 e. The fourth-order valence-electron chi connectivity index (χ4n) is 5.80. The van der Waals surface area contributed by atoms with Gasteiger partial charge in [0.05, 0.1) is 58.9 Å². The van der Waals surface area contributed by atoms with Crippen molar-refractivity contribution in [1.29, 1.82) is 0 Å². The minimum atomic E-state index is -4.47. The zero-order valence-corrected chi connectivity index (χ0v) is 26.0. The van der Waals surface area contributed by atoms with E-state index in [9.17, 15) is 27.1 Å². The quantitative estimate of drug-likeness (QED) is 0.173. The molecule has 2 aliphatic rings. The predicted octanol–water partition coefficient (Wildman–Crippen LogP) is 6.30. The molecule has 3 heterocycles. The number of hydrogen-bond acceptors (Lipinski definition) is 8. The lowest BCUT2D eigenvalue weighted by Gasteiger charge is -2.33. The third-order valence-electron chi connectivity index (χ3n) is 7.85. The average Bonchev–Trinajstić information content (AvgIpc) is 3.34. The van der Waals surface area contributed by atoms with Crippen LogP contribution in [-0.4, -0.2) is 87.4 Å². The van der Waals surface area contributed by atoms with Gasteiger partial charge in [0, 0.05) is 50.9 Å². The van der Waals surface area contributed by atoms with E-state index in [1.54, 1.807) is 24.0 Å².